The second kappa shape index (κ2) is 11.4. The standard InChI is InChI=1S/C37H60O8/c1-22(10-9-15-32(2,3)42-8)23-13-16-35(7)25-14-17-37-26(36(25,21-43-37)19-18-34(23,35)6)11-12-27(33(37,4)5)45-31-30(41)29(40)28(39)24(20-38)44-31/h9,14-15,17,22-31,38-41H,10-13,16,18-21H2,1-8H3/b15-9+/t22-,23-,24-,25-,26-,27+,28-,29+,30-,31+,34-,35+,36+,37-/m1/s1. The average Bonchev–Trinajstić information content (AvgIpc) is 3.39. The number of fused-ring (bicyclic) bond motifs is 2. The molecule has 0 aromatic rings. The van der Waals surface area contributed by atoms with Crippen LogP contribution < -0.4 is 0 Å². The molecule has 0 amide bonds. The lowest BCUT2D eigenvalue weighted by Crippen LogP contribution is -2.66. The van der Waals surface area contributed by atoms with E-state index in [-0.39, 0.29) is 27.9 Å². The molecule has 0 unspecified atom stereocenters. The molecule has 0 aromatic carbocycles. The molecule has 256 valence electrons. The lowest BCUT2D eigenvalue weighted by atomic mass is 9.38. The smallest absolute Gasteiger partial charge is 0.186 e. The van der Waals surface area contributed by atoms with Crippen molar-refractivity contribution in [2.75, 3.05) is 20.3 Å². The Labute approximate surface area is 270 Å². The summed E-state index contributed by atoms with van der Waals surface area (Å²) < 4.78 is 24.9. The van der Waals surface area contributed by atoms with Gasteiger partial charge in [0.05, 0.1) is 30.5 Å². The summed E-state index contributed by atoms with van der Waals surface area (Å²) in [6.45, 7) is 16.6. The zero-order valence-electron chi connectivity index (χ0n) is 28.9. The Morgan fingerprint density at radius 2 is 1.71 bits per heavy atom. The predicted octanol–water partition coefficient (Wildman–Crippen LogP) is 4.77. The molecule has 0 radical (unpaired) electrons. The van der Waals surface area contributed by atoms with Gasteiger partial charge in [-0.2, -0.15) is 0 Å². The Kier molecular flexibility index (Phi) is 8.60. The summed E-state index contributed by atoms with van der Waals surface area (Å²) in [5, 5.41) is 41.1. The first kappa shape index (κ1) is 34.0. The lowest BCUT2D eigenvalue weighted by Gasteiger charge is -2.65. The molecule has 14 atom stereocenters. The van der Waals surface area contributed by atoms with Crippen molar-refractivity contribution in [3.8, 4) is 0 Å². The molecular formula is C37H60O8. The molecule has 3 saturated carbocycles. The minimum absolute atomic E-state index is 0.0922. The van der Waals surface area contributed by atoms with Crippen molar-refractivity contribution in [3.05, 3.63) is 24.3 Å². The van der Waals surface area contributed by atoms with E-state index in [0.717, 1.165) is 25.9 Å². The van der Waals surface area contributed by atoms with Gasteiger partial charge < -0.3 is 39.4 Å². The maximum Gasteiger partial charge on any atom is 0.186 e. The molecule has 2 bridgehead atoms. The Morgan fingerprint density at radius 1 is 0.978 bits per heavy atom. The number of hydrogen-bond acceptors (Lipinski definition) is 8. The number of allylic oxidation sites excluding steroid dienone is 2. The highest BCUT2D eigenvalue weighted by atomic mass is 16.7. The third-order valence-electron chi connectivity index (χ3n) is 14.8. The highest BCUT2D eigenvalue weighted by Crippen LogP contribution is 2.77. The first-order valence-electron chi connectivity index (χ1n) is 17.6. The molecule has 8 heteroatoms. The number of hydrogen-bond donors (Lipinski definition) is 4. The van der Waals surface area contributed by atoms with Gasteiger partial charge in [-0.15, -0.1) is 0 Å². The second-order valence-corrected chi connectivity index (χ2v) is 17.2. The quantitative estimate of drug-likeness (QED) is 0.283. The van der Waals surface area contributed by atoms with Crippen LogP contribution in [-0.2, 0) is 18.9 Å². The van der Waals surface area contributed by atoms with E-state index in [1.165, 1.54) is 25.7 Å². The van der Waals surface area contributed by atoms with E-state index in [9.17, 15) is 20.4 Å². The lowest BCUT2D eigenvalue weighted by molar-refractivity contribution is -0.329. The Hall–Kier alpha value is -0.840. The molecule has 5 fully saturated rings. The van der Waals surface area contributed by atoms with Crippen LogP contribution in [0.1, 0.15) is 93.4 Å². The molecule has 8 nitrogen and oxygen atoms in total. The van der Waals surface area contributed by atoms with Crippen LogP contribution in [0.15, 0.2) is 24.3 Å². The monoisotopic (exact) mass is 632 g/mol. The van der Waals surface area contributed by atoms with Gasteiger partial charge in [0, 0.05) is 23.9 Å². The number of ether oxygens (including phenoxy) is 4. The summed E-state index contributed by atoms with van der Waals surface area (Å²) >= 11 is 0. The van der Waals surface area contributed by atoms with Crippen LogP contribution in [0.4, 0.5) is 0 Å². The van der Waals surface area contributed by atoms with Crippen molar-refractivity contribution in [2.45, 2.75) is 141 Å². The van der Waals surface area contributed by atoms with E-state index < -0.39 is 48.3 Å². The summed E-state index contributed by atoms with van der Waals surface area (Å²) in [6.07, 6.45) is 10.5. The maximum atomic E-state index is 10.7. The van der Waals surface area contributed by atoms with Gasteiger partial charge in [-0.3, -0.25) is 0 Å². The topological polar surface area (TPSA) is 118 Å². The van der Waals surface area contributed by atoms with Crippen molar-refractivity contribution < 1.29 is 39.4 Å². The summed E-state index contributed by atoms with van der Waals surface area (Å²) in [5.74, 6) is 2.12. The Balaban J connectivity index is 1.24. The van der Waals surface area contributed by atoms with Gasteiger partial charge in [0.15, 0.2) is 6.29 Å². The average molecular weight is 633 g/mol. The zero-order valence-corrected chi connectivity index (χ0v) is 28.9. The third-order valence-corrected chi connectivity index (χ3v) is 14.8. The first-order chi connectivity index (χ1) is 21.0. The number of aliphatic hydroxyl groups excluding tert-OH is 4. The number of methoxy groups -OCH3 is 1. The molecule has 2 saturated heterocycles. The van der Waals surface area contributed by atoms with E-state index in [0.29, 0.717) is 23.7 Å². The second-order valence-electron chi connectivity index (χ2n) is 17.2. The molecule has 6 rings (SSSR count). The molecular weight excluding hydrogens is 572 g/mol. The van der Waals surface area contributed by atoms with Gasteiger partial charge in [-0.1, -0.05) is 58.9 Å². The summed E-state index contributed by atoms with van der Waals surface area (Å²) in [5.41, 5.74) is -0.609. The van der Waals surface area contributed by atoms with E-state index >= 15 is 0 Å². The Bertz CT molecular complexity index is 1170. The van der Waals surface area contributed by atoms with Crippen molar-refractivity contribution in [1.29, 1.82) is 0 Å². The molecule has 4 aliphatic carbocycles. The minimum atomic E-state index is -1.46. The van der Waals surface area contributed by atoms with Gasteiger partial charge in [-0.25, -0.2) is 0 Å². The van der Waals surface area contributed by atoms with Crippen LogP contribution in [0.5, 0.6) is 0 Å². The fourth-order valence-corrected chi connectivity index (χ4v) is 11.6. The van der Waals surface area contributed by atoms with Crippen LogP contribution in [0.3, 0.4) is 0 Å². The van der Waals surface area contributed by atoms with Crippen molar-refractivity contribution in [3.63, 3.8) is 0 Å². The molecule has 2 heterocycles. The first-order valence-corrected chi connectivity index (χ1v) is 17.6. The van der Waals surface area contributed by atoms with E-state index in [2.05, 4.69) is 72.8 Å². The van der Waals surface area contributed by atoms with Crippen molar-refractivity contribution in [2.24, 2.45) is 45.3 Å². The van der Waals surface area contributed by atoms with Crippen LogP contribution in [0.2, 0.25) is 0 Å². The molecule has 6 aliphatic rings. The highest BCUT2D eigenvalue weighted by molar-refractivity contribution is 5.33. The molecule has 2 aliphatic heterocycles. The third kappa shape index (κ3) is 4.74. The van der Waals surface area contributed by atoms with Gasteiger partial charge in [-0.05, 0) is 87.4 Å². The minimum Gasteiger partial charge on any atom is -0.394 e. The number of aliphatic hydroxyl groups is 4. The largest absolute Gasteiger partial charge is 0.394 e. The highest BCUT2D eigenvalue weighted by Gasteiger charge is 2.75. The maximum absolute atomic E-state index is 10.7. The van der Waals surface area contributed by atoms with Crippen LogP contribution >= 0.6 is 0 Å². The van der Waals surface area contributed by atoms with Gasteiger partial charge >= 0.3 is 0 Å². The molecule has 1 spiro atoms. The van der Waals surface area contributed by atoms with Crippen LogP contribution in [0, 0.1) is 45.3 Å². The molecule has 4 N–H and O–H groups in total. The molecule has 0 aromatic heterocycles. The summed E-state index contributed by atoms with van der Waals surface area (Å²) in [6, 6.07) is 0. The fraction of sp³-hybridized carbons (Fsp3) is 0.892. The van der Waals surface area contributed by atoms with E-state index in [1.54, 1.807) is 7.11 Å². The SMILES string of the molecule is COC(C)(C)/C=C/C[C@@H](C)[C@H]1CC[C@@]2(C)[C@H]3C=C[C@@]45OC[C@]3(CC[C@]12C)[C@H]4CC[C@H](O[C@@H]1O[C@H](CO)[C@@H](O)[C@H](O)[C@H]1O)C5(C)C. The molecule has 45 heavy (non-hydrogen) atoms. The normalized spacial score (nSPS) is 51.2. The zero-order chi connectivity index (χ0) is 32.8. The van der Waals surface area contributed by atoms with Gasteiger partial charge in [0.25, 0.3) is 0 Å². The van der Waals surface area contributed by atoms with Gasteiger partial charge in [0.1, 0.15) is 24.4 Å². The van der Waals surface area contributed by atoms with Crippen LogP contribution in [-0.4, -0.2) is 88.8 Å². The van der Waals surface area contributed by atoms with Crippen molar-refractivity contribution >= 4 is 0 Å². The van der Waals surface area contributed by atoms with Gasteiger partial charge in [0.2, 0.25) is 0 Å². The number of rotatable bonds is 8. The summed E-state index contributed by atoms with van der Waals surface area (Å²) in [7, 11) is 1.77. The predicted molar refractivity (Wildman–Crippen MR) is 171 cm³/mol. The van der Waals surface area contributed by atoms with E-state index in [4.69, 9.17) is 18.9 Å². The fourth-order valence-electron chi connectivity index (χ4n) is 11.6. The summed E-state index contributed by atoms with van der Waals surface area (Å²) in [4.78, 5) is 0. The van der Waals surface area contributed by atoms with Crippen molar-refractivity contribution in [1.82, 2.24) is 0 Å². The van der Waals surface area contributed by atoms with E-state index in [1.807, 2.05) is 0 Å². The van der Waals surface area contributed by atoms with Crippen LogP contribution in [0.25, 0.3) is 0 Å². The Morgan fingerprint density at radius 3 is 2.40 bits per heavy atom.